The highest BCUT2D eigenvalue weighted by molar-refractivity contribution is 5.92. The van der Waals surface area contributed by atoms with E-state index in [1.807, 2.05) is 18.2 Å². The first-order valence-electron chi connectivity index (χ1n) is 8.04. The quantitative estimate of drug-likeness (QED) is 0.736. The number of rotatable bonds is 8. The molecule has 2 rings (SSSR count). The van der Waals surface area contributed by atoms with E-state index in [2.05, 4.69) is 46.6 Å². The lowest BCUT2D eigenvalue weighted by atomic mass is 10.1. The molecule has 1 heterocycles. The van der Waals surface area contributed by atoms with Crippen molar-refractivity contribution in [2.24, 2.45) is 5.92 Å². The van der Waals surface area contributed by atoms with Crippen LogP contribution in [0.3, 0.4) is 0 Å². The minimum atomic E-state index is -0.159. The predicted octanol–water partition coefficient (Wildman–Crippen LogP) is 2.91. The van der Waals surface area contributed by atoms with E-state index in [0.29, 0.717) is 24.1 Å². The molecule has 0 bridgehead atoms. The lowest BCUT2D eigenvalue weighted by Crippen LogP contribution is -2.28. The Hall–Kier alpha value is -2.43. The minimum Gasteiger partial charge on any atom is -0.354 e. The average Bonchev–Trinajstić information content (AvgIpc) is 2.58. The molecule has 5 heteroatoms. The van der Waals surface area contributed by atoms with Crippen LogP contribution in [0.4, 0.5) is 5.95 Å². The molecule has 0 aliphatic heterocycles. The van der Waals surface area contributed by atoms with Crippen molar-refractivity contribution < 1.29 is 4.79 Å². The number of carbonyl (C=O) groups excluding carboxylic acids is 1. The molecule has 23 heavy (non-hydrogen) atoms. The molecule has 0 spiro atoms. The molecule has 1 aromatic carbocycles. The highest BCUT2D eigenvalue weighted by Crippen LogP contribution is 2.04. The Morgan fingerprint density at radius 1 is 1.17 bits per heavy atom. The van der Waals surface area contributed by atoms with Crippen molar-refractivity contribution in [1.29, 1.82) is 0 Å². The van der Waals surface area contributed by atoms with Gasteiger partial charge in [-0.3, -0.25) is 4.79 Å². The van der Waals surface area contributed by atoms with Crippen molar-refractivity contribution in [3.05, 3.63) is 53.9 Å². The van der Waals surface area contributed by atoms with Crippen molar-refractivity contribution in [3.63, 3.8) is 0 Å². The molecule has 5 nitrogen and oxygen atoms in total. The second-order valence-corrected chi connectivity index (χ2v) is 5.89. The molecule has 1 amide bonds. The molecule has 2 N–H and O–H groups in total. The summed E-state index contributed by atoms with van der Waals surface area (Å²) in [4.78, 5) is 20.4. The summed E-state index contributed by atoms with van der Waals surface area (Å²) >= 11 is 0. The van der Waals surface area contributed by atoms with Gasteiger partial charge in [0.2, 0.25) is 5.95 Å². The summed E-state index contributed by atoms with van der Waals surface area (Å²) in [7, 11) is 0. The fourth-order valence-electron chi connectivity index (χ4n) is 2.10. The van der Waals surface area contributed by atoms with E-state index in [1.54, 1.807) is 12.3 Å². The molecule has 0 saturated heterocycles. The van der Waals surface area contributed by atoms with E-state index in [0.717, 1.165) is 19.4 Å². The van der Waals surface area contributed by atoms with Crippen LogP contribution in [0.1, 0.15) is 36.3 Å². The van der Waals surface area contributed by atoms with Gasteiger partial charge < -0.3 is 10.6 Å². The lowest BCUT2D eigenvalue weighted by molar-refractivity contribution is 0.0944. The molecule has 0 radical (unpaired) electrons. The number of aryl methyl sites for hydroxylation is 1. The van der Waals surface area contributed by atoms with Crippen LogP contribution < -0.4 is 10.6 Å². The van der Waals surface area contributed by atoms with Crippen LogP contribution in [0, 0.1) is 5.92 Å². The first-order chi connectivity index (χ1) is 11.1. The predicted molar refractivity (Wildman–Crippen MR) is 92.5 cm³/mol. The molecule has 0 aliphatic carbocycles. The molecule has 0 atom stereocenters. The van der Waals surface area contributed by atoms with Crippen molar-refractivity contribution in [2.75, 3.05) is 18.4 Å². The maximum Gasteiger partial charge on any atom is 0.270 e. The van der Waals surface area contributed by atoms with Crippen LogP contribution in [-0.4, -0.2) is 29.0 Å². The Kier molecular flexibility index (Phi) is 6.54. The van der Waals surface area contributed by atoms with Crippen LogP contribution in [0.2, 0.25) is 0 Å². The summed E-state index contributed by atoms with van der Waals surface area (Å²) in [5, 5.41) is 6.03. The minimum absolute atomic E-state index is 0.159. The highest BCUT2D eigenvalue weighted by Gasteiger charge is 2.08. The number of aromatic nitrogens is 2. The second-order valence-electron chi connectivity index (χ2n) is 5.89. The molecular weight excluding hydrogens is 288 g/mol. The van der Waals surface area contributed by atoms with E-state index in [9.17, 15) is 4.79 Å². The van der Waals surface area contributed by atoms with Gasteiger partial charge in [-0.05, 0) is 30.4 Å². The first kappa shape index (κ1) is 16.9. The fraction of sp³-hybridized carbons (Fsp3) is 0.389. The third-order valence-electron chi connectivity index (χ3n) is 3.33. The number of nitrogens with one attached hydrogen (secondary N) is 2. The van der Waals surface area contributed by atoms with E-state index < -0.39 is 0 Å². The van der Waals surface area contributed by atoms with Gasteiger partial charge in [-0.25, -0.2) is 9.97 Å². The second kappa shape index (κ2) is 8.88. The summed E-state index contributed by atoms with van der Waals surface area (Å²) in [6.07, 6.45) is 3.59. The molecule has 0 aliphatic rings. The molecular formula is C18H24N4O. The Labute approximate surface area is 137 Å². The Morgan fingerprint density at radius 3 is 2.70 bits per heavy atom. The zero-order chi connectivity index (χ0) is 16.5. The number of nitrogens with zero attached hydrogens (tertiary/aromatic N) is 2. The van der Waals surface area contributed by atoms with E-state index in [1.165, 1.54) is 5.56 Å². The maximum atomic E-state index is 12.0. The van der Waals surface area contributed by atoms with Gasteiger partial charge in [0, 0.05) is 19.3 Å². The third-order valence-corrected chi connectivity index (χ3v) is 3.33. The standard InChI is InChI=1S/C18H24N4O/c1-14(2)13-21-17(23)16-10-12-20-18(22-16)19-11-6-9-15-7-4-3-5-8-15/h3-5,7-8,10,12,14H,6,9,11,13H2,1-2H3,(H,21,23)(H,19,20,22). The van der Waals surface area contributed by atoms with Gasteiger partial charge in [-0.1, -0.05) is 44.2 Å². The van der Waals surface area contributed by atoms with E-state index in [4.69, 9.17) is 0 Å². The number of carbonyl (C=O) groups is 1. The summed E-state index contributed by atoms with van der Waals surface area (Å²) in [6.45, 7) is 5.52. The number of amides is 1. The average molecular weight is 312 g/mol. The summed E-state index contributed by atoms with van der Waals surface area (Å²) < 4.78 is 0. The van der Waals surface area contributed by atoms with Gasteiger partial charge in [0.25, 0.3) is 5.91 Å². The summed E-state index contributed by atoms with van der Waals surface area (Å²) in [5.74, 6) is 0.750. The molecule has 122 valence electrons. The van der Waals surface area contributed by atoms with E-state index in [-0.39, 0.29) is 5.91 Å². The Morgan fingerprint density at radius 2 is 1.96 bits per heavy atom. The summed E-state index contributed by atoms with van der Waals surface area (Å²) in [6, 6.07) is 12.0. The Bertz CT molecular complexity index is 613. The van der Waals surface area contributed by atoms with Crippen molar-refractivity contribution in [3.8, 4) is 0 Å². The van der Waals surface area contributed by atoms with Crippen molar-refractivity contribution in [1.82, 2.24) is 15.3 Å². The summed E-state index contributed by atoms with van der Waals surface area (Å²) in [5.41, 5.74) is 1.71. The van der Waals surface area contributed by atoms with Gasteiger partial charge in [0.1, 0.15) is 5.69 Å². The van der Waals surface area contributed by atoms with Gasteiger partial charge in [0.15, 0.2) is 0 Å². The van der Waals surface area contributed by atoms with E-state index >= 15 is 0 Å². The molecule has 2 aromatic rings. The highest BCUT2D eigenvalue weighted by atomic mass is 16.1. The molecule has 0 saturated carbocycles. The van der Waals surface area contributed by atoms with Gasteiger partial charge in [-0.15, -0.1) is 0 Å². The largest absolute Gasteiger partial charge is 0.354 e. The van der Waals surface area contributed by atoms with Gasteiger partial charge >= 0.3 is 0 Å². The van der Waals surface area contributed by atoms with Crippen LogP contribution in [0.25, 0.3) is 0 Å². The SMILES string of the molecule is CC(C)CNC(=O)c1ccnc(NCCCc2ccccc2)n1. The van der Waals surface area contributed by atoms with Crippen molar-refractivity contribution in [2.45, 2.75) is 26.7 Å². The van der Waals surface area contributed by atoms with Gasteiger partial charge in [-0.2, -0.15) is 0 Å². The topological polar surface area (TPSA) is 66.9 Å². The monoisotopic (exact) mass is 312 g/mol. The van der Waals surface area contributed by atoms with Crippen molar-refractivity contribution >= 4 is 11.9 Å². The smallest absolute Gasteiger partial charge is 0.270 e. The molecule has 0 unspecified atom stereocenters. The third kappa shape index (κ3) is 6.06. The lowest BCUT2D eigenvalue weighted by Gasteiger charge is -2.08. The zero-order valence-electron chi connectivity index (χ0n) is 13.7. The fourth-order valence-corrected chi connectivity index (χ4v) is 2.10. The first-order valence-corrected chi connectivity index (χ1v) is 8.04. The normalized spacial score (nSPS) is 10.6. The number of anilines is 1. The number of hydrogen-bond donors (Lipinski definition) is 2. The van der Waals surface area contributed by atoms with Crippen LogP contribution in [-0.2, 0) is 6.42 Å². The number of benzene rings is 1. The van der Waals surface area contributed by atoms with Crippen LogP contribution in [0.5, 0.6) is 0 Å². The Balaban J connectivity index is 1.79. The van der Waals surface area contributed by atoms with Gasteiger partial charge in [0.05, 0.1) is 0 Å². The van der Waals surface area contributed by atoms with Crippen LogP contribution in [0.15, 0.2) is 42.6 Å². The molecule has 0 fully saturated rings. The van der Waals surface area contributed by atoms with Crippen LogP contribution >= 0.6 is 0 Å². The molecule has 1 aromatic heterocycles. The zero-order valence-corrected chi connectivity index (χ0v) is 13.7. The maximum absolute atomic E-state index is 12.0. The number of hydrogen-bond acceptors (Lipinski definition) is 4.